The zero-order chi connectivity index (χ0) is 22.8. The maximum atomic E-state index is 12.9. The minimum Gasteiger partial charge on any atom is -0.492 e. The lowest BCUT2D eigenvalue weighted by Crippen LogP contribution is -2.30. The van der Waals surface area contributed by atoms with Crippen LogP contribution in [0.15, 0.2) is 42.5 Å². The summed E-state index contributed by atoms with van der Waals surface area (Å²) in [7, 11) is 0. The van der Waals surface area contributed by atoms with Crippen LogP contribution in [0.1, 0.15) is 25.0 Å². The molecule has 0 atom stereocenters. The Bertz CT molecular complexity index is 1090. The van der Waals surface area contributed by atoms with E-state index < -0.39 is 11.7 Å². The van der Waals surface area contributed by atoms with Gasteiger partial charge in [-0.1, -0.05) is 11.6 Å². The van der Waals surface area contributed by atoms with Crippen molar-refractivity contribution < 1.29 is 23.0 Å². The fourth-order valence-corrected chi connectivity index (χ4v) is 3.45. The Morgan fingerprint density at radius 2 is 1.87 bits per heavy atom. The van der Waals surface area contributed by atoms with Crippen LogP contribution in [0.3, 0.4) is 0 Å². The van der Waals surface area contributed by atoms with Gasteiger partial charge in [0.15, 0.2) is 0 Å². The number of halogens is 4. The van der Waals surface area contributed by atoms with Gasteiger partial charge in [-0.3, -0.25) is 5.41 Å². The molecule has 0 aliphatic carbocycles. The van der Waals surface area contributed by atoms with E-state index >= 15 is 0 Å². The summed E-state index contributed by atoms with van der Waals surface area (Å²) in [6.45, 7) is 3.74. The first kappa shape index (κ1) is 22.7. The van der Waals surface area contributed by atoms with Crippen molar-refractivity contribution in [1.82, 2.24) is 9.69 Å². The summed E-state index contributed by atoms with van der Waals surface area (Å²) in [5, 5.41) is 24.6. The second kappa shape index (κ2) is 9.03. The molecule has 0 saturated carbocycles. The van der Waals surface area contributed by atoms with Gasteiger partial charge in [-0.15, -0.1) is 0 Å². The Morgan fingerprint density at radius 1 is 1.19 bits per heavy atom. The number of aromatic hydroxyl groups is 1. The molecule has 4 N–H and O–H groups in total. The molecule has 3 rings (SSSR count). The van der Waals surface area contributed by atoms with Crippen molar-refractivity contribution in [1.29, 1.82) is 5.41 Å². The molecule has 0 saturated heterocycles. The van der Waals surface area contributed by atoms with Gasteiger partial charge in [0.25, 0.3) is 0 Å². The molecular weight excluding hydrogens is 453 g/mol. The molecular formula is C20H18ClF3N4O2S. The topological polar surface area (TPSA) is 90.3 Å². The molecule has 0 fully saturated rings. The van der Waals surface area contributed by atoms with Crippen molar-refractivity contribution >= 4 is 39.7 Å². The lowest BCUT2D eigenvalue weighted by Gasteiger charge is -2.13. The van der Waals surface area contributed by atoms with Crippen molar-refractivity contribution in [2.45, 2.75) is 26.1 Å². The van der Waals surface area contributed by atoms with E-state index in [1.54, 1.807) is 24.3 Å². The maximum Gasteiger partial charge on any atom is 0.416 e. The quantitative estimate of drug-likeness (QED) is 0.248. The number of hydrogen-bond donors (Lipinski definition) is 4. The zero-order valence-electron chi connectivity index (χ0n) is 16.3. The van der Waals surface area contributed by atoms with Crippen molar-refractivity contribution in [3.8, 4) is 17.4 Å². The minimum atomic E-state index is -4.51. The van der Waals surface area contributed by atoms with Crippen LogP contribution in [0.4, 0.5) is 23.9 Å². The van der Waals surface area contributed by atoms with Gasteiger partial charge in [-0.2, -0.15) is 17.5 Å². The third-order valence-electron chi connectivity index (χ3n) is 3.96. The van der Waals surface area contributed by atoms with Gasteiger partial charge in [-0.25, -0.2) is 0 Å². The van der Waals surface area contributed by atoms with Crippen molar-refractivity contribution in [3.63, 3.8) is 0 Å². The van der Waals surface area contributed by atoms with Gasteiger partial charge in [0.1, 0.15) is 27.9 Å². The number of nitrogens with zero attached hydrogens (tertiary/aromatic N) is 1. The average Bonchev–Trinajstić information content (AvgIpc) is 3.04. The summed E-state index contributed by atoms with van der Waals surface area (Å²) in [5.41, 5.74) is -0.0142. The van der Waals surface area contributed by atoms with Crippen LogP contribution in [-0.4, -0.2) is 21.4 Å². The van der Waals surface area contributed by atoms with Crippen LogP contribution < -0.4 is 15.4 Å². The van der Waals surface area contributed by atoms with Crippen LogP contribution in [0.5, 0.6) is 17.4 Å². The summed E-state index contributed by atoms with van der Waals surface area (Å²) in [6.07, 6.45) is -4.51. The Labute approximate surface area is 185 Å². The second-order valence-corrected chi connectivity index (χ2v) is 7.96. The lowest BCUT2D eigenvalue weighted by molar-refractivity contribution is -0.137. The maximum absolute atomic E-state index is 12.9. The highest BCUT2D eigenvalue weighted by Crippen LogP contribution is 2.37. The lowest BCUT2D eigenvalue weighted by atomic mass is 10.2. The predicted octanol–water partition coefficient (Wildman–Crippen LogP) is 6.38. The molecule has 31 heavy (non-hydrogen) atoms. The molecule has 1 aromatic heterocycles. The van der Waals surface area contributed by atoms with Crippen LogP contribution >= 0.6 is 23.1 Å². The molecule has 0 amide bonds. The molecule has 11 heteroatoms. The number of amidine groups is 1. The van der Waals surface area contributed by atoms with E-state index in [1.165, 1.54) is 0 Å². The van der Waals surface area contributed by atoms with E-state index in [0.29, 0.717) is 10.7 Å². The number of rotatable bonds is 6. The number of alkyl halides is 3. The molecule has 0 unspecified atom stereocenters. The van der Waals surface area contributed by atoms with E-state index in [4.69, 9.17) is 21.7 Å². The van der Waals surface area contributed by atoms with Crippen LogP contribution in [0, 0.1) is 5.41 Å². The molecule has 164 valence electrons. The van der Waals surface area contributed by atoms with Gasteiger partial charge in [-0.05, 0) is 67.8 Å². The van der Waals surface area contributed by atoms with Crippen LogP contribution in [0.25, 0.3) is 0 Å². The number of nitrogens with one attached hydrogen (secondary N) is 3. The number of benzene rings is 2. The normalized spacial score (nSPS) is 11.5. The highest BCUT2D eigenvalue weighted by atomic mass is 35.5. The van der Waals surface area contributed by atoms with Gasteiger partial charge in [0.2, 0.25) is 5.88 Å². The van der Waals surface area contributed by atoms with Crippen LogP contribution in [-0.2, 0) is 6.18 Å². The molecule has 0 aliphatic rings. The van der Waals surface area contributed by atoms with Crippen molar-refractivity contribution in [2.24, 2.45) is 0 Å². The highest BCUT2D eigenvalue weighted by molar-refractivity contribution is 7.11. The van der Waals surface area contributed by atoms with Gasteiger partial charge < -0.3 is 20.5 Å². The number of ether oxygens (including phenoxy) is 1. The average molecular weight is 471 g/mol. The van der Waals surface area contributed by atoms with E-state index in [2.05, 4.69) is 15.0 Å². The van der Waals surface area contributed by atoms with Gasteiger partial charge in [0, 0.05) is 11.7 Å². The first-order valence-corrected chi connectivity index (χ1v) is 10.2. The van der Waals surface area contributed by atoms with Gasteiger partial charge in [0.05, 0.1) is 10.6 Å². The fourth-order valence-electron chi connectivity index (χ4n) is 2.58. The number of aromatic nitrogens is 1. The zero-order valence-corrected chi connectivity index (χ0v) is 17.9. The van der Waals surface area contributed by atoms with Gasteiger partial charge >= 0.3 is 6.18 Å². The third-order valence-corrected chi connectivity index (χ3v) is 5.02. The first-order chi connectivity index (χ1) is 14.5. The van der Waals surface area contributed by atoms with Crippen LogP contribution in [0.2, 0.25) is 5.02 Å². The Hall–Kier alpha value is -2.98. The molecule has 0 bridgehead atoms. The summed E-state index contributed by atoms with van der Waals surface area (Å²) >= 11 is 6.95. The summed E-state index contributed by atoms with van der Waals surface area (Å²) in [6, 6.07) is 9.23. The third kappa shape index (κ3) is 5.59. The van der Waals surface area contributed by atoms with E-state index in [0.717, 1.165) is 29.7 Å². The fraction of sp³-hybridized carbons (Fsp3) is 0.200. The highest BCUT2D eigenvalue weighted by Gasteiger charge is 2.31. The molecule has 0 radical (unpaired) electrons. The summed E-state index contributed by atoms with van der Waals surface area (Å²) in [4.78, 5) is 0. The molecule has 3 aromatic rings. The van der Waals surface area contributed by atoms with E-state index in [9.17, 15) is 18.3 Å². The van der Waals surface area contributed by atoms with E-state index in [1.807, 2.05) is 13.8 Å². The minimum absolute atomic E-state index is 0.00115. The molecule has 6 nitrogen and oxygen atoms in total. The smallest absolute Gasteiger partial charge is 0.416 e. The number of hydrogen-bond acceptors (Lipinski definition) is 6. The molecule has 1 heterocycles. The van der Waals surface area contributed by atoms with E-state index in [-0.39, 0.29) is 39.8 Å². The Balaban J connectivity index is 1.76. The molecule has 0 spiro atoms. The number of anilines is 2. The Morgan fingerprint density at radius 3 is 2.48 bits per heavy atom. The second-order valence-electron chi connectivity index (χ2n) is 6.78. The van der Waals surface area contributed by atoms with Crippen molar-refractivity contribution in [3.05, 3.63) is 58.6 Å². The first-order valence-electron chi connectivity index (χ1n) is 9.00. The standard InChI is InChI=1S/C20H18ClF3N4O2S/c1-10(2)26-17(25)16-18(29)28-31-19(16)27-12-4-6-13(7-5-12)30-15-9-11(20(22,23)24)3-8-14(15)21/h3-10,27H,1-2H3,(H2,25,26)(H,28,29). The van der Waals surface area contributed by atoms with Crippen molar-refractivity contribution in [2.75, 3.05) is 5.32 Å². The summed E-state index contributed by atoms with van der Waals surface area (Å²) in [5.74, 6) is -0.0545. The predicted molar refractivity (Wildman–Crippen MR) is 115 cm³/mol. The Kier molecular flexibility index (Phi) is 6.61. The molecule has 0 aliphatic heterocycles. The SMILES string of the molecule is CC(C)NC(=N)c1c(O)nsc1Nc1ccc(Oc2cc(C(F)(F)F)ccc2Cl)cc1. The summed E-state index contributed by atoms with van der Waals surface area (Å²) < 4.78 is 48.1. The largest absolute Gasteiger partial charge is 0.492 e. The monoisotopic (exact) mass is 470 g/mol. The molecule has 2 aromatic carbocycles.